The van der Waals surface area contributed by atoms with Crippen LogP contribution in [-0.4, -0.2) is 11.6 Å². The lowest BCUT2D eigenvalue weighted by atomic mass is 9.63. The van der Waals surface area contributed by atoms with E-state index in [1.165, 1.54) is 22.2 Å². The number of benzene rings is 1. The number of fused-ring (bicyclic) bond motifs is 3. The molecule has 2 nitrogen and oxygen atoms in total. The van der Waals surface area contributed by atoms with Gasteiger partial charge in [-0.05, 0) is 24.8 Å². The number of aromatic amines is 1. The Balaban J connectivity index is 2.30. The van der Waals surface area contributed by atoms with Gasteiger partial charge in [0.1, 0.15) is 0 Å². The summed E-state index contributed by atoms with van der Waals surface area (Å²) in [7, 11) is 0. The zero-order valence-electron chi connectivity index (χ0n) is 13.2. The Labute approximate surface area is 121 Å². The maximum absolute atomic E-state index is 6.16. The summed E-state index contributed by atoms with van der Waals surface area (Å²) in [6.45, 7) is 12.2. The van der Waals surface area contributed by atoms with Gasteiger partial charge in [-0.1, -0.05) is 45.9 Å². The molecular weight excluding hydrogens is 246 g/mol. The van der Waals surface area contributed by atoms with Gasteiger partial charge in [0.2, 0.25) is 0 Å². The third kappa shape index (κ3) is 1.89. The molecule has 2 aromatic rings. The van der Waals surface area contributed by atoms with Gasteiger partial charge in [0, 0.05) is 34.2 Å². The van der Waals surface area contributed by atoms with E-state index in [2.05, 4.69) is 63.9 Å². The van der Waals surface area contributed by atoms with Crippen molar-refractivity contribution < 1.29 is 4.74 Å². The summed E-state index contributed by atoms with van der Waals surface area (Å²) in [5.41, 5.74) is 4.27. The summed E-state index contributed by atoms with van der Waals surface area (Å²) in [5.74, 6) is 0. The summed E-state index contributed by atoms with van der Waals surface area (Å²) in [6, 6.07) is 8.60. The van der Waals surface area contributed by atoms with E-state index >= 15 is 0 Å². The Morgan fingerprint density at radius 3 is 2.60 bits per heavy atom. The second kappa shape index (κ2) is 4.36. The molecule has 0 radical (unpaired) electrons. The van der Waals surface area contributed by atoms with E-state index in [9.17, 15) is 0 Å². The van der Waals surface area contributed by atoms with E-state index in [-0.39, 0.29) is 16.9 Å². The molecule has 0 amide bonds. The molecule has 1 atom stereocenters. The Kier molecular flexibility index (Phi) is 2.98. The van der Waals surface area contributed by atoms with Gasteiger partial charge < -0.3 is 9.72 Å². The minimum absolute atomic E-state index is 0.150. The molecule has 0 aliphatic heterocycles. The summed E-state index contributed by atoms with van der Waals surface area (Å²) < 4.78 is 6.16. The highest BCUT2D eigenvalue weighted by molar-refractivity contribution is 5.86. The van der Waals surface area contributed by atoms with Crippen LogP contribution in [0, 0.1) is 5.41 Å². The molecule has 3 rings (SSSR count). The van der Waals surface area contributed by atoms with Gasteiger partial charge in [-0.3, -0.25) is 0 Å². The minimum Gasteiger partial charge on any atom is -0.373 e. The molecule has 0 saturated carbocycles. The largest absolute Gasteiger partial charge is 0.373 e. The minimum atomic E-state index is 0.150. The first kappa shape index (κ1) is 13.7. The fourth-order valence-electron chi connectivity index (χ4n) is 4.16. The van der Waals surface area contributed by atoms with Crippen molar-refractivity contribution in [3.8, 4) is 0 Å². The molecule has 20 heavy (non-hydrogen) atoms. The lowest BCUT2D eigenvalue weighted by Crippen LogP contribution is -2.39. The third-order valence-electron chi connectivity index (χ3n) is 4.63. The van der Waals surface area contributed by atoms with Gasteiger partial charge in [-0.25, -0.2) is 0 Å². The van der Waals surface area contributed by atoms with Gasteiger partial charge in [-0.15, -0.1) is 0 Å². The molecule has 0 saturated heterocycles. The monoisotopic (exact) mass is 271 g/mol. The quantitative estimate of drug-likeness (QED) is 0.821. The van der Waals surface area contributed by atoms with Gasteiger partial charge in [0.25, 0.3) is 0 Å². The van der Waals surface area contributed by atoms with E-state index in [1.54, 1.807) is 0 Å². The Morgan fingerprint density at radius 1 is 1.20 bits per heavy atom. The predicted octanol–water partition coefficient (Wildman–Crippen LogP) is 4.95. The first-order valence-electron chi connectivity index (χ1n) is 7.59. The molecule has 1 aliphatic rings. The third-order valence-corrected chi connectivity index (χ3v) is 4.63. The standard InChI is InChI=1S/C18H25NO/c1-6-20-16-14-12-9-7-8-10-13(12)19-15(14)17(2,3)11-18(16,4)5/h7-10,16,19H,6,11H2,1-5H3/t16-/m1/s1. The van der Waals surface area contributed by atoms with E-state index in [4.69, 9.17) is 4.74 Å². The molecule has 0 unspecified atom stereocenters. The highest BCUT2D eigenvalue weighted by atomic mass is 16.5. The lowest BCUT2D eigenvalue weighted by molar-refractivity contribution is -0.0440. The zero-order valence-corrected chi connectivity index (χ0v) is 13.2. The highest BCUT2D eigenvalue weighted by Crippen LogP contribution is 2.54. The van der Waals surface area contributed by atoms with Crippen molar-refractivity contribution in [3.63, 3.8) is 0 Å². The highest BCUT2D eigenvalue weighted by Gasteiger charge is 2.46. The second-order valence-electron chi connectivity index (χ2n) is 7.34. The number of nitrogens with one attached hydrogen (secondary N) is 1. The summed E-state index contributed by atoms with van der Waals surface area (Å²) in [6.07, 6.45) is 1.30. The Hall–Kier alpha value is -1.28. The maximum atomic E-state index is 6.16. The predicted molar refractivity (Wildman–Crippen MR) is 84.1 cm³/mol. The van der Waals surface area contributed by atoms with E-state index in [0.717, 1.165) is 13.0 Å². The van der Waals surface area contributed by atoms with Crippen LogP contribution in [0.2, 0.25) is 0 Å². The molecule has 1 aromatic heterocycles. The molecule has 1 N–H and O–H groups in total. The molecular formula is C18H25NO. The first-order valence-corrected chi connectivity index (χ1v) is 7.59. The van der Waals surface area contributed by atoms with Crippen molar-refractivity contribution in [1.82, 2.24) is 4.98 Å². The molecule has 1 aromatic carbocycles. The van der Waals surface area contributed by atoms with Crippen LogP contribution in [0.3, 0.4) is 0 Å². The van der Waals surface area contributed by atoms with Crippen molar-refractivity contribution in [2.24, 2.45) is 5.41 Å². The number of H-pyrrole nitrogens is 1. The van der Waals surface area contributed by atoms with Gasteiger partial charge in [0.15, 0.2) is 0 Å². The molecule has 0 bridgehead atoms. The second-order valence-corrected chi connectivity index (χ2v) is 7.34. The zero-order chi connectivity index (χ0) is 14.5. The lowest BCUT2D eigenvalue weighted by Gasteiger charge is -2.46. The molecule has 1 aliphatic carbocycles. The number of ether oxygens (including phenoxy) is 1. The van der Waals surface area contributed by atoms with Crippen molar-refractivity contribution in [2.45, 2.75) is 52.6 Å². The fraction of sp³-hybridized carbons (Fsp3) is 0.556. The van der Waals surface area contributed by atoms with Crippen LogP contribution in [0.5, 0.6) is 0 Å². The number of aromatic nitrogens is 1. The van der Waals surface area contributed by atoms with Gasteiger partial charge in [0.05, 0.1) is 6.10 Å². The van der Waals surface area contributed by atoms with E-state index in [0.29, 0.717) is 0 Å². The summed E-state index contributed by atoms with van der Waals surface area (Å²) in [4.78, 5) is 3.65. The Morgan fingerprint density at radius 2 is 1.90 bits per heavy atom. The van der Waals surface area contributed by atoms with Crippen molar-refractivity contribution >= 4 is 10.9 Å². The topological polar surface area (TPSA) is 25.0 Å². The molecule has 0 fully saturated rings. The van der Waals surface area contributed by atoms with Crippen LogP contribution in [0.1, 0.15) is 58.4 Å². The summed E-state index contributed by atoms with van der Waals surface area (Å²) in [5, 5.41) is 1.32. The maximum Gasteiger partial charge on any atom is 0.0899 e. The number of hydrogen-bond donors (Lipinski definition) is 1. The number of hydrogen-bond acceptors (Lipinski definition) is 1. The number of rotatable bonds is 2. The molecule has 2 heteroatoms. The molecule has 0 spiro atoms. The Bertz CT molecular complexity index is 636. The van der Waals surface area contributed by atoms with E-state index in [1.807, 2.05) is 0 Å². The van der Waals surface area contributed by atoms with Crippen LogP contribution in [0.15, 0.2) is 24.3 Å². The van der Waals surface area contributed by atoms with E-state index < -0.39 is 0 Å². The van der Waals surface area contributed by atoms with Gasteiger partial charge in [-0.2, -0.15) is 0 Å². The van der Waals surface area contributed by atoms with Crippen LogP contribution in [-0.2, 0) is 10.2 Å². The smallest absolute Gasteiger partial charge is 0.0899 e. The van der Waals surface area contributed by atoms with Crippen LogP contribution < -0.4 is 0 Å². The molecule has 108 valence electrons. The SMILES string of the molecule is CCO[C@@H]1c2c([nH]c3ccccc23)C(C)(C)CC1(C)C. The normalized spacial score (nSPS) is 23.8. The average Bonchev–Trinajstić information content (AvgIpc) is 2.73. The van der Waals surface area contributed by atoms with Crippen LogP contribution in [0.4, 0.5) is 0 Å². The summed E-state index contributed by atoms with van der Waals surface area (Å²) >= 11 is 0. The van der Waals surface area contributed by atoms with Gasteiger partial charge >= 0.3 is 0 Å². The van der Waals surface area contributed by atoms with Crippen LogP contribution >= 0.6 is 0 Å². The van der Waals surface area contributed by atoms with Crippen molar-refractivity contribution in [3.05, 3.63) is 35.5 Å². The van der Waals surface area contributed by atoms with Crippen molar-refractivity contribution in [2.75, 3.05) is 6.61 Å². The van der Waals surface area contributed by atoms with Crippen LogP contribution in [0.25, 0.3) is 10.9 Å². The molecule has 1 heterocycles. The average molecular weight is 271 g/mol. The fourth-order valence-corrected chi connectivity index (χ4v) is 4.16. The number of para-hydroxylation sites is 1. The first-order chi connectivity index (χ1) is 9.37. The van der Waals surface area contributed by atoms with Crippen molar-refractivity contribution in [1.29, 1.82) is 0 Å².